The summed E-state index contributed by atoms with van der Waals surface area (Å²) in [6.07, 6.45) is 8.88. The van der Waals surface area contributed by atoms with Gasteiger partial charge in [-0.25, -0.2) is 4.99 Å². The molecule has 1 N–H and O–H groups in total. The zero-order chi connectivity index (χ0) is 18.5. The predicted molar refractivity (Wildman–Crippen MR) is 118 cm³/mol. The number of carbonyl (C=O) groups is 1. The first-order valence-corrected chi connectivity index (χ1v) is 8.87. The van der Waals surface area contributed by atoms with Gasteiger partial charge in [0.15, 0.2) is 5.96 Å². The van der Waals surface area contributed by atoms with Crippen molar-refractivity contribution >= 4 is 35.8 Å². The number of likely N-dealkylation sites (N-methyl/N-ethyl adjacent to an activating group) is 1. The molecule has 0 bridgehead atoms. The highest BCUT2D eigenvalue weighted by molar-refractivity contribution is 14.0. The van der Waals surface area contributed by atoms with E-state index in [2.05, 4.69) is 21.8 Å². The minimum absolute atomic E-state index is 0. The minimum atomic E-state index is -0.00952. The van der Waals surface area contributed by atoms with Gasteiger partial charge in [0.1, 0.15) is 12.3 Å². The molecule has 0 aromatic carbocycles. The summed E-state index contributed by atoms with van der Waals surface area (Å²) < 4.78 is 5.35. The van der Waals surface area contributed by atoms with Crippen LogP contribution in [0.3, 0.4) is 0 Å². The lowest BCUT2D eigenvalue weighted by molar-refractivity contribution is -0.127. The Balaban J connectivity index is 0.00000625. The molecule has 0 unspecified atom stereocenters. The van der Waals surface area contributed by atoms with Gasteiger partial charge in [-0.05, 0) is 31.4 Å². The number of guanidine groups is 1. The second-order valence-corrected chi connectivity index (χ2v) is 6.24. The normalized spacial score (nSPS) is 10.8. The molecule has 1 amide bonds. The molecule has 0 aliphatic carbocycles. The second kappa shape index (κ2) is 14.6. The summed E-state index contributed by atoms with van der Waals surface area (Å²) in [7, 11) is 5.49. The molecule has 1 aromatic heterocycles. The van der Waals surface area contributed by atoms with E-state index in [-0.39, 0.29) is 36.4 Å². The number of allylic oxidation sites excluding steroid dienone is 1. The first kappa shape index (κ1) is 24.5. The molecule has 0 atom stereocenters. The number of nitrogens with one attached hydrogen (secondary N) is 1. The molecule has 26 heavy (non-hydrogen) atoms. The topological polar surface area (TPSA) is 61.1 Å². The number of amides is 1. The number of hydrogen-bond acceptors (Lipinski definition) is 3. The van der Waals surface area contributed by atoms with Crippen molar-refractivity contribution in [1.29, 1.82) is 0 Å². The van der Waals surface area contributed by atoms with E-state index < -0.39 is 0 Å². The van der Waals surface area contributed by atoms with E-state index in [1.54, 1.807) is 25.3 Å². The molecule has 0 spiro atoms. The number of hydrogen-bond donors (Lipinski definition) is 1. The Bertz CT molecular complexity index is 530. The molecule has 0 radical (unpaired) electrons. The van der Waals surface area contributed by atoms with Gasteiger partial charge in [0, 0.05) is 40.7 Å². The summed E-state index contributed by atoms with van der Waals surface area (Å²) in [4.78, 5) is 19.9. The third kappa shape index (κ3) is 10.5. The minimum Gasteiger partial charge on any atom is -0.469 e. The van der Waals surface area contributed by atoms with Gasteiger partial charge in [0.05, 0.1) is 6.26 Å². The Kier molecular flexibility index (Phi) is 13.8. The first-order chi connectivity index (χ1) is 12.0. The molecule has 7 heteroatoms. The van der Waals surface area contributed by atoms with Crippen molar-refractivity contribution in [3.05, 3.63) is 36.8 Å². The van der Waals surface area contributed by atoms with E-state index in [4.69, 9.17) is 4.42 Å². The van der Waals surface area contributed by atoms with E-state index in [0.29, 0.717) is 6.54 Å². The molecule has 1 aromatic rings. The van der Waals surface area contributed by atoms with Crippen LogP contribution < -0.4 is 5.32 Å². The third-order valence-electron chi connectivity index (χ3n) is 3.86. The number of nitrogens with zero attached hydrogens (tertiary/aromatic N) is 3. The molecule has 0 fully saturated rings. The monoisotopic (exact) mass is 476 g/mol. The molecular weight excluding hydrogens is 443 g/mol. The third-order valence-corrected chi connectivity index (χ3v) is 3.86. The van der Waals surface area contributed by atoms with Crippen LogP contribution in [-0.4, -0.2) is 62.4 Å². The molecule has 0 saturated heterocycles. The zero-order valence-electron chi connectivity index (χ0n) is 16.2. The first-order valence-electron chi connectivity index (χ1n) is 8.87. The van der Waals surface area contributed by atoms with E-state index >= 15 is 0 Å². The van der Waals surface area contributed by atoms with Crippen molar-refractivity contribution < 1.29 is 9.21 Å². The molecule has 1 heterocycles. The fourth-order valence-electron chi connectivity index (χ4n) is 2.27. The summed E-state index contributed by atoms with van der Waals surface area (Å²) >= 11 is 0. The molecule has 0 saturated carbocycles. The molecule has 6 nitrogen and oxygen atoms in total. The Labute approximate surface area is 174 Å². The summed E-state index contributed by atoms with van der Waals surface area (Å²) in [6.45, 7) is 5.51. The van der Waals surface area contributed by atoms with Crippen LogP contribution in [-0.2, 0) is 11.2 Å². The highest BCUT2D eigenvalue weighted by Gasteiger charge is 2.09. The van der Waals surface area contributed by atoms with Crippen LogP contribution in [0.2, 0.25) is 0 Å². The Morgan fingerprint density at radius 1 is 1.31 bits per heavy atom. The number of unbranched alkanes of at least 4 members (excludes halogenated alkanes) is 3. The van der Waals surface area contributed by atoms with Gasteiger partial charge < -0.3 is 19.5 Å². The standard InChI is InChI=1S/C19H32N4O2.HI/c1-5-6-7-8-9-14-23(4)19(21-16-18(24)22(2)3)20-13-12-17-11-10-15-25-17;/h5,10-11,15H,1,6-9,12-14,16H2,2-4H3,(H,20,21);1H. The number of halogens is 1. The Morgan fingerprint density at radius 3 is 2.69 bits per heavy atom. The van der Waals surface area contributed by atoms with Crippen LogP contribution in [0.15, 0.2) is 40.5 Å². The molecular formula is C19H33IN4O2. The summed E-state index contributed by atoms with van der Waals surface area (Å²) in [5, 5.41) is 3.33. The Hall–Kier alpha value is -1.51. The summed E-state index contributed by atoms with van der Waals surface area (Å²) in [5.74, 6) is 1.68. The number of aliphatic imine (C=N–C) groups is 1. The fourth-order valence-corrected chi connectivity index (χ4v) is 2.27. The van der Waals surface area contributed by atoms with Gasteiger partial charge in [0.25, 0.3) is 0 Å². The van der Waals surface area contributed by atoms with Gasteiger partial charge in [-0.2, -0.15) is 0 Å². The van der Waals surface area contributed by atoms with Crippen molar-refractivity contribution in [3.63, 3.8) is 0 Å². The van der Waals surface area contributed by atoms with Gasteiger partial charge >= 0.3 is 0 Å². The highest BCUT2D eigenvalue weighted by atomic mass is 127. The maximum atomic E-state index is 11.8. The van der Waals surface area contributed by atoms with Crippen LogP contribution >= 0.6 is 24.0 Å². The lowest BCUT2D eigenvalue weighted by atomic mass is 10.2. The van der Waals surface area contributed by atoms with E-state index in [1.807, 2.05) is 25.3 Å². The summed E-state index contributed by atoms with van der Waals surface area (Å²) in [5.41, 5.74) is 0. The summed E-state index contributed by atoms with van der Waals surface area (Å²) in [6, 6.07) is 3.84. The fraction of sp³-hybridized carbons (Fsp3) is 0.579. The zero-order valence-corrected chi connectivity index (χ0v) is 18.6. The van der Waals surface area contributed by atoms with Crippen molar-refractivity contribution in [2.45, 2.75) is 32.1 Å². The molecule has 0 aliphatic heterocycles. The van der Waals surface area contributed by atoms with Gasteiger partial charge in [-0.3, -0.25) is 4.79 Å². The van der Waals surface area contributed by atoms with Crippen LogP contribution in [0.1, 0.15) is 31.4 Å². The van der Waals surface area contributed by atoms with Crippen molar-refractivity contribution in [2.75, 3.05) is 40.8 Å². The van der Waals surface area contributed by atoms with Crippen molar-refractivity contribution in [1.82, 2.24) is 15.1 Å². The van der Waals surface area contributed by atoms with Gasteiger partial charge in [0.2, 0.25) is 5.91 Å². The van der Waals surface area contributed by atoms with E-state index in [0.717, 1.165) is 50.4 Å². The largest absolute Gasteiger partial charge is 0.469 e. The van der Waals surface area contributed by atoms with Crippen LogP contribution in [0.4, 0.5) is 0 Å². The van der Waals surface area contributed by atoms with E-state index in [1.165, 1.54) is 0 Å². The lowest BCUT2D eigenvalue weighted by Gasteiger charge is -2.22. The number of furan rings is 1. The number of carbonyl (C=O) groups excluding carboxylic acids is 1. The maximum absolute atomic E-state index is 11.8. The maximum Gasteiger partial charge on any atom is 0.243 e. The average Bonchev–Trinajstić information content (AvgIpc) is 3.10. The lowest BCUT2D eigenvalue weighted by Crippen LogP contribution is -2.41. The van der Waals surface area contributed by atoms with Gasteiger partial charge in [-0.1, -0.05) is 12.5 Å². The quantitative estimate of drug-likeness (QED) is 0.175. The average molecular weight is 476 g/mol. The van der Waals surface area contributed by atoms with Crippen LogP contribution in [0, 0.1) is 0 Å². The molecule has 148 valence electrons. The van der Waals surface area contributed by atoms with Crippen LogP contribution in [0.5, 0.6) is 0 Å². The highest BCUT2D eigenvalue weighted by Crippen LogP contribution is 2.03. The molecule has 0 aliphatic rings. The van der Waals surface area contributed by atoms with E-state index in [9.17, 15) is 4.79 Å². The van der Waals surface area contributed by atoms with Crippen molar-refractivity contribution in [3.8, 4) is 0 Å². The smallest absolute Gasteiger partial charge is 0.243 e. The predicted octanol–water partition coefficient (Wildman–Crippen LogP) is 3.15. The number of rotatable bonds is 11. The second-order valence-electron chi connectivity index (χ2n) is 6.24. The molecule has 1 rings (SSSR count). The SMILES string of the molecule is C=CCCCCCN(C)C(=NCC(=O)N(C)C)NCCc1ccco1.I. The Morgan fingerprint density at radius 2 is 2.08 bits per heavy atom. The van der Waals surface area contributed by atoms with Crippen LogP contribution in [0.25, 0.3) is 0 Å². The van der Waals surface area contributed by atoms with Gasteiger partial charge in [-0.15, -0.1) is 30.6 Å². The van der Waals surface area contributed by atoms with Crippen molar-refractivity contribution in [2.24, 2.45) is 4.99 Å².